The molecule has 0 saturated heterocycles. The number of hydrogen-bond donors (Lipinski definition) is 2. The summed E-state index contributed by atoms with van der Waals surface area (Å²) in [5.74, 6) is 0.505. The molecule has 0 aliphatic heterocycles. The van der Waals surface area contributed by atoms with Crippen LogP contribution in [0.4, 0.5) is 5.82 Å². The van der Waals surface area contributed by atoms with Gasteiger partial charge in [-0.2, -0.15) is 0 Å². The Bertz CT molecular complexity index is 404. The first kappa shape index (κ1) is 16.3. The smallest absolute Gasteiger partial charge is 0.158 e. The molecular formula is C13H23N5O2. The Hall–Kier alpha value is -1.73. The number of nitrogens with zero attached hydrogens (tertiary/aromatic N) is 3. The van der Waals surface area contributed by atoms with Crippen molar-refractivity contribution in [1.82, 2.24) is 9.97 Å². The zero-order chi connectivity index (χ0) is 14.8. The molecule has 0 spiro atoms. The minimum Gasteiger partial charge on any atom is -0.382 e. The van der Waals surface area contributed by atoms with Crippen LogP contribution in [0.2, 0.25) is 0 Å². The fourth-order valence-corrected chi connectivity index (χ4v) is 1.71. The van der Waals surface area contributed by atoms with Gasteiger partial charge in [-0.05, 0) is 13.8 Å². The Labute approximate surface area is 119 Å². The van der Waals surface area contributed by atoms with Crippen LogP contribution in [0.3, 0.4) is 0 Å². The third kappa shape index (κ3) is 5.10. The minimum absolute atomic E-state index is 0.0917. The number of nitrogens with two attached hydrogens (primary N) is 1. The largest absolute Gasteiger partial charge is 0.382 e. The number of aromatic nitrogens is 2. The number of ether oxygens (including phenoxy) is 2. The highest BCUT2D eigenvalue weighted by molar-refractivity contribution is 5.97. The molecule has 7 nitrogen and oxygen atoms in total. The molecule has 1 rings (SSSR count). The maximum atomic E-state index is 7.58. The van der Waals surface area contributed by atoms with Crippen molar-refractivity contribution in [2.24, 2.45) is 5.73 Å². The number of nitrogens with one attached hydrogen (secondary N) is 1. The molecule has 1 aromatic rings. The SMILES string of the molecule is CCOCCN(CCOCC)c1nccnc1C(=N)N. The molecule has 7 heteroatoms. The third-order valence-electron chi connectivity index (χ3n) is 2.65. The minimum atomic E-state index is -0.0917. The van der Waals surface area contributed by atoms with E-state index in [-0.39, 0.29) is 5.84 Å². The van der Waals surface area contributed by atoms with Crippen LogP contribution in [0, 0.1) is 5.41 Å². The van der Waals surface area contributed by atoms with Gasteiger partial charge in [0, 0.05) is 38.7 Å². The topological polar surface area (TPSA) is 97.4 Å². The van der Waals surface area contributed by atoms with E-state index in [1.54, 1.807) is 6.20 Å². The van der Waals surface area contributed by atoms with Gasteiger partial charge in [0.25, 0.3) is 0 Å². The number of hydrogen-bond acceptors (Lipinski definition) is 6. The van der Waals surface area contributed by atoms with Gasteiger partial charge in [-0.25, -0.2) is 9.97 Å². The highest BCUT2D eigenvalue weighted by Crippen LogP contribution is 2.14. The molecule has 0 saturated carbocycles. The average molecular weight is 281 g/mol. The van der Waals surface area contributed by atoms with E-state index < -0.39 is 0 Å². The monoisotopic (exact) mass is 281 g/mol. The molecule has 1 aromatic heterocycles. The van der Waals surface area contributed by atoms with Crippen LogP contribution in [-0.4, -0.2) is 55.3 Å². The van der Waals surface area contributed by atoms with Crippen molar-refractivity contribution in [3.05, 3.63) is 18.1 Å². The average Bonchev–Trinajstić information content (AvgIpc) is 2.46. The van der Waals surface area contributed by atoms with Gasteiger partial charge in [-0.1, -0.05) is 0 Å². The standard InChI is InChI=1S/C13H23N5O2/c1-3-19-9-7-18(8-10-20-4-2)13-11(12(14)15)16-5-6-17-13/h5-6H,3-4,7-10H2,1-2H3,(H3,14,15). The summed E-state index contributed by atoms with van der Waals surface area (Å²) in [7, 11) is 0. The van der Waals surface area contributed by atoms with Crippen LogP contribution in [0.15, 0.2) is 12.4 Å². The summed E-state index contributed by atoms with van der Waals surface area (Å²) in [4.78, 5) is 10.4. The highest BCUT2D eigenvalue weighted by Gasteiger charge is 2.15. The molecule has 3 N–H and O–H groups in total. The third-order valence-corrected chi connectivity index (χ3v) is 2.65. The lowest BCUT2D eigenvalue weighted by Crippen LogP contribution is -2.34. The summed E-state index contributed by atoms with van der Waals surface area (Å²) >= 11 is 0. The summed E-state index contributed by atoms with van der Waals surface area (Å²) < 4.78 is 10.8. The molecule has 0 bridgehead atoms. The van der Waals surface area contributed by atoms with Crippen LogP contribution in [0.25, 0.3) is 0 Å². The fraction of sp³-hybridized carbons (Fsp3) is 0.615. The molecule has 0 unspecified atom stereocenters. The van der Waals surface area contributed by atoms with E-state index in [9.17, 15) is 0 Å². The maximum absolute atomic E-state index is 7.58. The van der Waals surface area contributed by atoms with Crippen molar-refractivity contribution < 1.29 is 9.47 Å². The first-order valence-electron chi connectivity index (χ1n) is 6.76. The zero-order valence-corrected chi connectivity index (χ0v) is 12.1. The van der Waals surface area contributed by atoms with Gasteiger partial charge in [-0.3, -0.25) is 5.41 Å². The molecule has 0 radical (unpaired) electrons. The summed E-state index contributed by atoms with van der Waals surface area (Å²) in [6.07, 6.45) is 3.12. The first-order valence-corrected chi connectivity index (χ1v) is 6.76. The normalized spacial score (nSPS) is 10.5. The van der Waals surface area contributed by atoms with Crippen molar-refractivity contribution in [3.8, 4) is 0 Å². The molecule has 112 valence electrons. The van der Waals surface area contributed by atoms with Crippen LogP contribution >= 0.6 is 0 Å². The van der Waals surface area contributed by atoms with Crippen molar-refractivity contribution in [2.45, 2.75) is 13.8 Å². The lowest BCUT2D eigenvalue weighted by Gasteiger charge is -2.24. The van der Waals surface area contributed by atoms with Crippen LogP contribution < -0.4 is 10.6 Å². The van der Waals surface area contributed by atoms with Gasteiger partial charge in [0.2, 0.25) is 0 Å². The van der Waals surface area contributed by atoms with E-state index in [0.29, 0.717) is 51.0 Å². The Morgan fingerprint density at radius 1 is 1.15 bits per heavy atom. The first-order chi connectivity index (χ1) is 9.70. The van der Waals surface area contributed by atoms with E-state index in [2.05, 4.69) is 9.97 Å². The predicted octanol–water partition coefficient (Wildman–Crippen LogP) is 0.640. The molecule has 0 amide bonds. The van der Waals surface area contributed by atoms with Crippen molar-refractivity contribution >= 4 is 11.7 Å². The quantitative estimate of drug-likeness (QED) is 0.371. The van der Waals surface area contributed by atoms with Gasteiger partial charge in [0.05, 0.1) is 13.2 Å². The summed E-state index contributed by atoms with van der Waals surface area (Å²) in [6.45, 7) is 7.70. The van der Waals surface area contributed by atoms with Crippen molar-refractivity contribution in [3.63, 3.8) is 0 Å². The summed E-state index contributed by atoms with van der Waals surface area (Å²) in [5.41, 5.74) is 5.94. The van der Waals surface area contributed by atoms with E-state index in [1.807, 2.05) is 18.7 Å². The van der Waals surface area contributed by atoms with E-state index in [1.165, 1.54) is 6.20 Å². The molecule has 0 atom stereocenters. The molecule has 0 aromatic carbocycles. The lowest BCUT2D eigenvalue weighted by molar-refractivity contribution is 0.141. The van der Waals surface area contributed by atoms with Gasteiger partial charge < -0.3 is 20.1 Å². The highest BCUT2D eigenvalue weighted by atomic mass is 16.5. The van der Waals surface area contributed by atoms with Gasteiger partial charge in [0.1, 0.15) is 11.5 Å². The summed E-state index contributed by atoms with van der Waals surface area (Å²) in [6, 6.07) is 0. The molecule has 1 heterocycles. The number of nitrogen functional groups attached to an aromatic ring is 1. The van der Waals surface area contributed by atoms with Crippen molar-refractivity contribution in [2.75, 3.05) is 44.4 Å². The number of anilines is 1. The Morgan fingerprint density at radius 3 is 2.20 bits per heavy atom. The molecular weight excluding hydrogens is 258 g/mol. The Morgan fingerprint density at radius 2 is 1.70 bits per heavy atom. The van der Waals surface area contributed by atoms with Crippen molar-refractivity contribution in [1.29, 1.82) is 5.41 Å². The second-order valence-corrected chi connectivity index (χ2v) is 4.02. The van der Waals surface area contributed by atoms with Crippen LogP contribution in [0.1, 0.15) is 19.5 Å². The maximum Gasteiger partial charge on any atom is 0.158 e. The van der Waals surface area contributed by atoms with E-state index in [0.717, 1.165) is 0 Å². The zero-order valence-electron chi connectivity index (χ0n) is 12.1. The number of amidine groups is 1. The predicted molar refractivity (Wildman–Crippen MR) is 78.2 cm³/mol. The molecule has 0 aliphatic carbocycles. The Kier molecular flexibility index (Phi) is 7.52. The van der Waals surface area contributed by atoms with Gasteiger partial charge >= 0.3 is 0 Å². The van der Waals surface area contributed by atoms with Crippen LogP contribution in [0.5, 0.6) is 0 Å². The molecule has 20 heavy (non-hydrogen) atoms. The van der Waals surface area contributed by atoms with Gasteiger partial charge in [0.15, 0.2) is 5.82 Å². The Balaban J connectivity index is 2.81. The lowest BCUT2D eigenvalue weighted by atomic mass is 10.3. The second kappa shape index (κ2) is 9.22. The van der Waals surface area contributed by atoms with E-state index >= 15 is 0 Å². The molecule has 0 fully saturated rings. The van der Waals surface area contributed by atoms with E-state index in [4.69, 9.17) is 20.6 Å². The second-order valence-electron chi connectivity index (χ2n) is 4.02. The summed E-state index contributed by atoms with van der Waals surface area (Å²) in [5, 5.41) is 7.58. The molecule has 0 aliphatic rings. The number of rotatable bonds is 10. The van der Waals surface area contributed by atoms with Gasteiger partial charge in [-0.15, -0.1) is 0 Å². The fourth-order valence-electron chi connectivity index (χ4n) is 1.71. The van der Waals surface area contributed by atoms with Crippen LogP contribution in [-0.2, 0) is 9.47 Å².